The van der Waals surface area contributed by atoms with E-state index in [-0.39, 0.29) is 6.04 Å². The highest BCUT2D eigenvalue weighted by Gasteiger charge is 2.11. The van der Waals surface area contributed by atoms with Gasteiger partial charge in [-0.25, -0.2) is 0 Å². The molecule has 0 bridgehead atoms. The van der Waals surface area contributed by atoms with Gasteiger partial charge < -0.3 is 10.4 Å². The van der Waals surface area contributed by atoms with E-state index < -0.39 is 6.10 Å². The maximum atomic E-state index is 9.54. The molecule has 92 valence electrons. The Bertz CT molecular complexity index is 599. The highest BCUT2D eigenvalue weighted by molar-refractivity contribution is 5.97. The molecule has 2 aromatic rings. The third-order valence-corrected chi connectivity index (χ3v) is 3.15. The zero-order valence-electron chi connectivity index (χ0n) is 10.5. The van der Waals surface area contributed by atoms with Gasteiger partial charge in [0.25, 0.3) is 0 Å². The van der Waals surface area contributed by atoms with Crippen LogP contribution in [0.4, 0.5) is 5.69 Å². The van der Waals surface area contributed by atoms with Crippen molar-refractivity contribution >= 4 is 16.5 Å². The topological polar surface area (TPSA) is 56.0 Å². The van der Waals surface area contributed by atoms with Crippen molar-refractivity contribution in [2.24, 2.45) is 0 Å². The molecule has 0 aliphatic rings. The zero-order valence-corrected chi connectivity index (χ0v) is 10.5. The van der Waals surface area contributed by atoms with Gasteiger partial charge in [0.2, 0.25) is 0 Å². The average molecular weight is 240 g/mol. The van der Waals surface area contributed by atoms with Crippen LogP contribution in [0.1, 0.15) is 19.4 Å². The summed E-state index contributed by atoms with van der Waals surface area (Å²) in [6.07, 6.45) is -0.431. The number of fused-ring (bicyclic) bond motifs is 1. The van der Waals surface area contributed by atoms with Gasteiger partial charge in [0.15, 0.2) is 0 Å². The third-order valence-electron chi connectivity index (χ3n) is 3.15. The molecule has 2 N–H and O–H groups in total. The summed E-state index contributed by atoms with van der Waals surface area (Å²) in [5, 5.41) is 23.8. The molecule has 0 amide bonds. The SMILES string of the molecule is C[C@H](Nc1ccc(C#N)c2ccccc12)[C@@H](C)O. The van der Waals surface area contributed by atoms with Crippen LogP contribution in [-0.2, 0) is 0 Å². The molecule has 0 saturated heterocycles. The highest BCUT2D eigenvalue weighted by atomic mass is 16.3. The van der Waals surface area contributed by atoms with Gasteiger partial charge in [0.05, 0.1) is 17.7 Å². The second kappa shape index (κ2) is 5.07. The Kier molecular flexibility index (Phi) is 3.50. The molecular formula is C15H16N2O. The lowest BCUT2D eigenvalue weighted by atomic mass is 10.0. The lowest BCUT2D eigenvalue weighted by molar-refractivity contribution is 0.178. The largest absolute Gasteiger partial charge is 0.391 e. The van der Waals surface area contributed by atoms with Crippen molar-refractivity contribution in [2.45, 2.75) is 26.0 Å². The number of nitrogens with zero attached hydrogens (tertiary/aromatic N) is 1. The number of nitrogens with one attached hydrogen (secondary N) is 1. The summed E-state index contributed by atoms with van der Waals surface area (Å²) in [7, 11) is 0. The summed E-state index contributed by atoms with van der Waals surface area (Å²) in [5.41, 5.74) is 1.61. The second-order valence-electron chi connectivity index (χ2n) is 4.49. The van der Waals surface area contributed by atoms with E-state index in [9.17, 15) is 5.11 Å². The van der Waals surface area contributed by atoms with E-state index in [0.717, 1.165) is 16.5 Å². The van der Waals surface area contributed by atoms with Crippen molar-refractivity contribution < 1.29 is 5.11 Å². The summed E-state index contributed by atoms with van der Waals surface area (Å²) in [5.74, 6) is 0. The molecule has 0 unspecified atom stereocenters. The maximum Gasteiger partial charge on any atom is 0.0998 e. The fourth-order valence-corrected chi connectivity index (χ4v) is 1.89. The average Bonchev–Trinajstić information content (AvgIpc) is 2.39. The third kappa shape index (κ3) is 2.29. The van der Waals surface area contributed by atoms with Gasteiger partial charge >= 0.3 is 0 Å². The summed E-state index contributed by atoms with van der Waals surface area (Å²) >= 11 is 0. The summed E-state index contributed by atoms with van der Waals surface area (Å²) in [6.45, 7) is 3.68. The Morgan fingerprint density at radius 2 is 1.78 bits per heavy atom. The van der Waals surface area contributed by atoms with E-state index >= 15 is 0 Å². The summed E-state index contributed by atoms with van der Waals surface area (Å²) in [6, 6.07) is 13.6. The Labute approximate surface area is 107 Å². The molecule has 0 fully saturated rings. The van der Waals surface area contributed by atoms with Crippen LogP contribution in [0, 0.1) is 11.3 Å². The minimum absolute atomic E-state index is 0.0404. The van der Waals surface area contributed by atoms with Crippen LogP contribution in [0.2, 0.25) is 0 Å². The van der Waals surface area contributed by atoms with E-state index in [1.807, 2.05) is 37.3 Å². The highest BCUT2D eigenvalue weighted by Crippen LogP contribution is 2.27. The fourth-order valence-electron chi connectivity index (χ4n) is 1.89. The van der Waals surface area contributed by atoms with E-state index in [4.69, 9.17) is 5.26 Å². The molecule has 2 aromatic carbocycles. The van der Waals surface area contributed by atoms with Crippen molar-refractivity contribution in [3.05, 3.63) is 42.0 Å². The molecule has 0 spiro atoms. The van der Waals surface area contributed by atoms with Gasteiger partial charge in [-0.05, 0) is 26.0 Å². The smallest absolute Gasteiger partial charge is 0.0998 e. The van der Waals surface area contributed by atoms with Crippen LogP contribution in [0.25, 0.3) is 10.8 Å². The first-order valence-corrected chi connectivity index (χ1v) is 6.00. The minimum atomic E-state index is -0.431. The first-order valence-electron chi connectivity index (χ1n) is 6.00. The molecular weight excluding hydrogens is 224 g/mol. The Morgan fingerprint density at radius 1 is 1.11 bits per heavy atom. The molecule has 3 nitrogen and oxygen atoms in total. The van der Waals surface area contributed by atoms with Crippen LogP contribution in [0.5, 0.6) is 0 Å². The van der Waals surface area contributed by atoms with E-state index in [1.165, 1.54) is 0 Å². The van der Waals surface area contributed by atoms with Crippen LogP contribution >= 0.6 is 0 Å². The van der Waals surface area contributed by atoms with Crippen molar-refractivity contribution in [3.8, 4) is 6.07 Å². The van der Waals surface area contributed by atoms with Gasteiger partial charge in [0, 0.05) is 22.5 Å². The molecule has 0 aliphatic heterocycles. The number of hydrogen-bond acceptors (Lipinski definition) is 3. The van der Waals surface area contributed by atoms with Crippen LogP contribution in [-0.4, -0.2) is 17.3 Å². The molecule has 18 heavy (non-hydrogen) atoms. The molecule has 0 heterocycles. The van der Waals surface area contributed by atoms with Gasteiger partial charge in [-0.15, -0.1) is 0 Å². The Morgan fingerprint density at radius 3 is 2.39 bits per heavy atom. The van der Waals surface area contributed by atoms with Crippen LogP contribution < -0.4 is 5.32 Å². The van der Waals surface area contributed by atoms with Crippen LogP contribution in [0.15, 0.2) is 36.4 Å². The van der Waals surface area contributed by atoms with Gasteiger partial charge in [-0.1, -0.05) is 24.3 Å². The molecule has 2 rings (SSSR count). The van der Waals surface area contributed by atoms with Crippen molar-refractivity contribution in [1.82, 2.24) is 0 Å². The molecule has 2 atom stereocenters. The number of aliphatic hydroxyl groups is 1. The van der Waals surface area contributed by atoms with Crippen LogP contribution in [0.3, 0.4) is 0 Å². The Balaban J connectivity index is 2.50. The number of hydrogen-bond donors (Lipinski definition) is 2. The summed E-state index contributed by atoms with van der Waals surface area (Å²) < 4.78 is 0. The van der Waals surface area contributed by atoms with Crippen molar-refractivity contribution in [3.63, 3.8) is 0 Å². The number of nitriles is 1. The number of aliphatic hydroxyl groups excluding tert-OH is 1. The van der Waals surface area contributed by atoms with E-state index in [2.05, 4.69) is 11.4 Å². The lowest BCUT2D eigenvalue weighted by Gasteiger charge is -2.19. The standard InChI is InChI=1S/C15H16N2O/c1-10(11(2)18)17-15-8-7-12(9-16)13-5-3-4-6-14(13)15/h3-8,10-11,17-18H,1-2H3/t10-,11+/m0/s1. The molecule has 0 aromatic heterocycles. The quantitative estimate of drug-likeness (QED) is 0.867. The maximum absolute atomic E-state index is 9.54. The zero-order chi connectivity index (χ0) is 13.1. The predicted molar refractivity (Wildman–Crippen MR) is 73.4 cm³/mol. The molecule has 3 heteroatoms. The fraction of sp³-hybridized carbons (Fsp3) is 0.267. The van der Waals surface area contributed by atoms with Gasteiger partial charge in [-0.3, -0.25) is 0 Å². The second-order valence-corrected chi connectivity index (χ2v) is 4.49. The molecule has 0 saturated carbocycles. The normalized spacial score (nSPS) is 13.9. The predicted octanol–water partition coefficient (Wildman–Crippen LogP) is 2.89. The van der Waals surface area contributed by atoms with E-state index in [0.29, 0.717) is 5.56 Å². The monoisotopic (exact) mass is 240 g/mol. The molecule has 0 radical (unpaired) electrons. The first kappa shape index (κ1) is 12.4. The number of rotatable bonds is 3. The van der Waals surface area contributed by atoms with Crippen molar-refractivity contribution in [2.75, 3.05) is 5.32 Å². The number of anilines is 1. The van der Waals surface area contributed by atoms with Gasteiger partial charge in [-0.2, -0.15) is 5.26 Å². The molecule has 0 aliphatic carbocycles. The number of benzene rings is 2. The van der Waals surface area contributed by atoms with Gasteiger partial charge in [0.1, 0.15) is 0 Å². The lowest BCUT2D eigenvalue weighted by Crippen LogP contribution is -2.27. The first-order chi connectivity index (χ1) is 8.63. The van der Waals surface area contributed by atoms with E-state index in [1.54, 1.807) is 13.0 Å². The minimum Gasteiger partial charge on any atom is -0.391 e. The van der Waals surface area contributed by atoms with Crippen molar-refractivity contribution in [1.29, 1.82) is 5.26 Å². The Hall–Kier alpha value is -2.05. The summed E-state index contributed by atoms with van der Waals surface area (Å²) in [4.78, 5) is 0.